The highest BCUT2D eigenvalue weighted by Crippen LogP contribution is 2.33. The van der Waals surface area contributed by atoms with Gasteiger partial charge < -0.3 is 15.8 Å². The van der Waals surface area contributed by atoms with Crippen molar-refractivity contribution in [3.63, 3.8) is 0 Å². The van der Waals surface area contributed by atoms with Crippen molar-refractivity contribution < 1.29 is 17.9 Å². The van der Waals surface area contributed by atoms with E-state index < -0.39 is 15.6 Å². The number of sulfonamides is 1. The van der Waals surface area contributed by atoms with Gasteiger partial charge in [-0.2, -0.15) is 4.31 Å². The van der Waals surface area contributed by atoms with Gasteiger partial charge in [-0.3, -0.25) is 4.79 Å². The van der Waals surface area contributed by atoms with E-state index in [-0.39, 0.29) is 29.0 Å². The molecule has 146 valence electrons. The molecular weight excluding hydrogens is 378 g/mol. The fourth-order valence-electron chi connectivity index (χ4n) is 3.51. The van der Waals surface area contributed by atoms with Gasteiger partial charge in [-0.1, -0.05) is 12.8 Å². The highest BCUT2D eigenvalue weighted by atomic mass is 35.5. The molecule has 1 aliphatic carbocycles. The zero-order chi connectivity index (χ0) is 18.1. The number of halogens is 1. The van der Waals surface area contributed by atoms with Gasteiger partial charge in [0.1, 0.15) is 10.6 Å². The number of ether oxygens (including phenoxy) is 1. The monoisotopic (exact) mass is 403 g/mol. The van der Waals surface area contributed by atoms with Crippen LogP contribution in [0, 0.1) is 0 Å². The molecule has 0 radical (unpaired) electrons. The number of benzene rings is 1. The van der Waals surface area contributed by atoms with E-state index in [2.05, 4.69) is 5.32 Å². The van der Waals surface area contributed by atoms with Crippen molar-refractivity contribution in [1.29, 1.82) is 0 Å². The second kappa shape index (κ2) is 8.12. The number of hydrogen-bond acceptors (Lipinski definition) is 5. The van der Waals surface area contributed by atoms with Crippen LogP contribution in [0.15, 0.2) is 23.1 Å². The van der Waals surface area contributed by atoms with E-state index >= 15 is 0 Å². The maximum absolute atomic E-state index is 12.7. The van der Waals surface area contributed by atoms with Crippen molar-refractivity contribution >= 4 is 34.0 Å². The standard InChI is InChI=1S/C17H25N3O4S.ClH/c1-24-14-12-13(19-16(21)17(18)8-2-3-9-17)6-7-15(14)25(22,23)20-10-4-5-11-20;/h6-7,12H,2-5,8-11,18H2,1H3,(H,19,21);1H. The molecule has 9 heteroatoms. The summed E-state index contributed by atoms with van der Waals surface area (Å²) < 4.78 is 32.2. The minimum absolute atomic E-state index is 0. The Morgan fingerprint density at radius 1 is 1.19 bits per heavy atom. The van der Waals surface area contributed by atoms with Gasteiger partial charge in [-0.05, 0) is 37.8 Å². The molecule has 3 N–H and O–H groups in total. The average Bonchev–Trinajstić information content (AvgIpc) is 3.27. The second-order valence-corrected chi connectivity index (χ2v) is 8.70. The maximum atomic E-state index is 12.7. The first-order chi connectivity index (χ1) is 11.9. The molecule has 0 bridgehead atoms. The molecule has 7 nitrogen and oxygen atoms in total. The number of nitrogens with two attached hydrogens (primary N) is 1. The maximum Gasteiger partial charge on any atom is 0.246 e. The first-order valence-corrected chi connectivity index (χ1v) is 10.1. The first kappa shape index (κ1) is 21.0. The molecule has 2 fully saturated rings. The molecule has 1 aromatic carbocycles. The lowest BCUT2D eigenvalue weighted by atomic mass is 9.98. The Kier molecular flexibility index (Phi) is 6.55. The molecule has 1 aliphatic heterocycles. The van der Waals surface area contributed by atoms with Crippen LogP contribution in [0.5, 0.6) is 5.75 Å². The summed E-state index contributed by atoms with van der Waals surface area (Å²) in [5, 5.41) is 2.79. The lowest BCUT2D eigenvalue weighted by molar-refractivity contribution is -0.121. The molecule has 1 heterocycles. The Labute approximate surface area is 160 Å². The fourth-order valence-corrected chi connectivity index (χ4v) is 5.17. The summed E-state index contributed by atoms with van der Waals surface area (Å²) in [6.45, 7) is 1.05. The smallest absolute Gasteiger partial charge is 0.246 e. The number of anilines is 1. The minimum atomic E-state index is -3.58. The summed E-state index contributed by atoms with van der Waals surface area (Å²) in [5.41, 5.74) is 5.80. The van der Waals surface area contributed by atoms with E-state index in [9.17, 15) is 13.2 Å². The topological polar surface area (TPSA) is 102 Å². The number of carbonyl (C=O) groups excluding carboxylic acids is 1. The normalized spacial score (nSPS) is 19.8. The third-order valence-corrected chi connectivity index (χ3v) is 6.99. The average molecular weight is 404 g/mol. The van der Waals surface area contributed by atoms with E-state index in [0.29, 0.717) is 31.6 Å². The number of rotatable bonds is 5. The molecule has 3 rings (SSSR count). The van der Waals surface area contributed by atoms with E-state index in [1.807, 2.05) is 0 Å². The van der Waals surface area contributed by atoms with E-state index in [1.54, 1.807) is 12.1 Å². The highest BCUT2D eigenvalue weighted by molar-refractivity contribution is 7.89. The van der Waals surface area contributed by atoms with E-state index in [0.717, 1.165) is 25.7 Å². The molecule has 1 saturated heterocycles. The van der Waals surface area contributed by atoms with E-state index in [1.165, 1.54) is 17.5 Å². The lowest BCUT2D eigenvalue weighted by Crippen LogP contribution is -2.48. The van der Waals surface area contributed by atoms with Gasteiger partial charge in [-0.15, -0.1) is 12.4 Å². The summed E-state index contributed by atoms with van der Waals surface area (Å²) in [4.78, 5) is 12.5. The van der Waals surface area contributed by atoms with Gasteiger partial charge >= 0.3 is 0 Å². The van der Waals surface area contributed by atoms with Crippen molar-refractivity contribution in [2.75, 3.05) is 25.5 Å². The molecule has 0 aromatic heterocycles. The third-order valence-electron chi connectivity index (χ3n) is 5.05. The summed E-state index contributed by atoms with van der Waals surface area (Å²) in [5.74, 6) is -0.00982. The Morgan fingerprint density at radius 2 is 1.81 bits per heavy atom. The SMILES string of the molecule is COc1cc(NC(=O)C2(N)CCCC2)ccc1S(=O)(=O)N1CCCC1.Cl. The van der Waals surface area contributed by atoms with Crippen LogP contribution in [-0.2, 0) is 14.8 Å². The molecule has 2 aliphatic rings. The summed E-state index contributed by atoms with van der Waals surface area (Å²) in [7, 11) is -2.16. The zero-order valence-corrected chi connectivity index (χ0v) is 16.5. The Morgan fingerprint density at radius 3 is 2.38 bits per heavy atom. The van der Waals surface area contributed by atoms with Crippen LogP contribution in [0.3, 0.4) is 0 Å². The van der Waals surface area contributed by atoms with Gasteiger partial charge in [0.2, 0.25) is 15.9 Å². The zero-order valence-electron chi connectivity index (χ0n) is 14.9. The molecule has 0 atom stereocenters. The van der Waals surface area contributed by atoms with Crippen LogP contribution in [0.2, 0.25) is 0 Å². The van der Waals surface area contributed by atoms with Crippen LogP contribution in [0.4, 0.5) is 5.69 Å². The first-order valence-electron chi connectivity index (χ1n) is 8.65. The van der Waals surface area contributed by atoms with Crippen LogP contribution in [-0.4, -0.2) is 44.4 Å². The molecule has 0 spiro atoms. The van der Waals surface area contributed by atoms with Crippen LogP contribution in [0.1, 0.15) is 38.5 Å². The summed E-state index contributed by atoms with van der Waals surface area (Å²) in [6.07, 6.45) is 4.96. The Bertz CT molecular complexity index is 757. The molecule has 1 saturated carbocycles. The highest BCUT2D eigenvalue weighted by Gasteiger charge is 2.37. The van der Waals surface area contributed by atoms with Crippen molar-refractivity contribution in [3.05, 3.63) is 18.2 Å². The van der Waals surface area contributed by atoms with Crippen molar-refractivity contribution in [3.8, 4) is 5.75 Å². The third kappa shape index (κ3) is 3.98. The fraction of sp³-hybridized carbons (Fsp3) is 0.588. The molecule has 0 unspecified atom stereocenters. The predicted molar refractivity (Wildman–Crippen MR) is 102 cm³/mol. The van der Waals surface area contributed by atoms with Crippen molar-refractivity contribution in [2.45, 2.75) is 49.0 Å². The molecular formula is C17H26ClN3O4S. The molecule has 1 aromatic rings. The number of hydrogen-bond donors (Lipinski definition) is 2. The minimum Gasteiger partial charge on any atom is -0.495 e. The van der Waals surface area contributed by atoms with Gasteiger partial charge in [0.05, 0.1) is 12.6 Å². The number of nitrogens with one attached hydrogen (secondary N) is 1. The van der Waals surface area contributed by atoms with E-state index in [4.69, 9.17) is 10.5 Å². The second-order valence-electron chi connectivity index (χ2n) is 6.79. The van der Waals surface area contributed by atoms with Gasteiger partial charge in [0, 0.05) is 24.8 Å². The number of carbonyl (C=O) groups is 1. The summed E-state index contributed by atoms with van der Waals surface area (Å²) >= 11 is 0. The van der Waals surface area contributed by atoms with Crippen LogP contribution in [0.25, 0.3) is 0 Å². The summed E-state index contributed by atoms with van der Waals surface area (Å²) in [6, 6.07) is 4.61. The molecule has 26 heavy (non-hydrogen) atoms. The predicted octanol–water partition coefficient (Wildman–Crippen LogP) is 2.11. The largest absolute Gasteiger partial charge is 0.495 e. The van der Waals surface area contributed by atoms with Crippen molar-refractivity contribution in [1.82, 2.24) is 4.31 Å². The van der Waals surface area contributed by atoms with Gasteiger partial charge in [-0.25, -0.2) is 8.42 Å². The number of nitrogens with zero attached hydrogens (tertiary/aromatic N) is 1. The van der Waals surface area contributed by atoms with Crippen LogP contribution < -0.4 is 15.8 Å². The van der Waals surface area contributed by atoms with Gasteiger partial charge in [0.15, 0.2) is 0 Å². The van der Waals surface area contributed by atoms with Crippen molar-refractivity contribution in [2.24, 2.45) is 5.73 Å². The number of amides is 1. The Balaban J connectivity index is 0.00000243. The number of methoxy groups -OCH3 is 1. The molecule has 1 amide bonds. The van der Waals surface area contributed by atoms with Gasteiger partial charge in [0.25, 0.3) is 0 Å². The quantitative estimate of drug-likeness (QED) is 0.783. The van der Waals surface area contributed by atoms with Crippen LogP contribution >= 0.6 is 12.4 Å². The Hall–Kier alpha value is -1.35. The lowest BCUT2D eigenvalue weighted by Gasteiger charge is -2.23.